The number of nitro benzene ring substituents is 2. The van der Waals surface area contributed by atoms with E-state index in [9.17, 15) is 20.2 Å². The fraction of sp³-hybridized carbons (Fsp3) is 0.158. The molecule has 32 heavy (non-hydrogen) atoms. The molecule has 3 rings (SSSR count). The number of hydrogen-bond donors (Lipinski definition) is 4. The van der Waals surface area contributed by atoms with E-state index in [1.54, 1.807) is 50.5 Å². The van der Waals surface area contributed by atoms with Crippen molar-refractivity contribution < 1.29 is 14.6 Å². The zero-order chi connectivity index (χ0) is 24.3. The normalized spacial score (nSPS) is 9.38. The van der Waals surface area contributed by atoms with Crippen molar-refractivity contribution in [3.05, 3.63) is 79.6 Å². The zero-order valence-electron chi connectivity index (χ0n) is 17.5. The van der Waals surface area contributed by atoms with Crippen molar-refractivity contribution in [2.45, 2.75) is 20.8 Å². The standard InChI is InChI=1S/C9H8N4O2.C9H10N2O2.CH4N2O/c1-6-2-3-7(4-8(6)13(14)15)9-10-5-11-12-9;1-6-3-4-8(7(2)10)5-9(6)11(12)13;2-3-1-4/h2-5H,1H3,(H,10,11,12);3-5,10H,1-2H3;1H,2H2,(H,3,4). The summed E-state index contributed by atoms with van der Waals surface area (Å²) in [7, 11) is 0. The minimum absolute atomic E-state index is 0.0732. The Kier molecular flexibility index (Phi) is 9.76. The van der Waals surface area contributed by atoms with Gasteiger partial charge >= 0.3 is 0 Å². The third-order valence-corrected chi connectivity index (χ3v) is 4.00. The molecule has 0 aliphatic rings. The average Bonchev–Trinajstić information content (AvgIpc) is 3.29. The molecule has 2 aromatic carbocycles. The number of nitrogens with two attached hydrogens (primary N) is 1. The third-order valence-electron chi connectivity index (χ3n) is 4.00. The summed E-state index contributed by atoms with van der Waals surface area (Å²) >= 11 is 0. The Morgan fingerprint density at radius 3 is 2.06 bits per heavy atom. The smallest absolute Gasteiger partial charge is 0.273 e. The number of nitro groups is 2. The van der Waals surface area contributed by atoms with Crippen LogP contribution in [0.25, 0.3) is 11.4 Å². The van der Waals surface area contributed by atoms with Gasteiger partial charge in [0, 0.05) is 40.1 Å². The average molecular weight is 442 g/mol. The highest BCUT2D eigenvalue weighted by molar-refractivity contribution is 5.96. The van der Waals surface area contributed by atoms with Crippen LogP contribution in [0.4, 0.5) is 11.4 Å². The lowest BCUT2D eigenvalue weighted by atomic mass is 10.1. The van der Waals surface area contributed by atoms with E-state index in [1.807, 2.05) is 0 Å². The number of nitrogens with zero attached hydrogens (tertiary/aromatic N) is 4. The maximum absolute atomic E-state index is 10.7. The Labute approximate surface area is 182 Å². The second-order valence-corrected chi connectivity index (χ2v) is 6.26. The Morgan fingerprint density at radius 2 is 1.62 bits per heavy atom. The lowest BCUT2D eigenvalue weighted by Crippen LogP contribution is -2.18. The molecular formula is C19H22N8O5. The van der Waals surface area contributed by atoms with Gasteiger partial charge in [0.15, 0.2) is 5.82 Å². The Morgan fingerprint density at radius 1 is 1.09 bits per heavy atom. The molecule has 0 spiro atoms. The topological polar surface area (TPSA) is 207 Å². The maximum atomic E-state index is 10.7. The number of H-pyrrole nitrogens is 1. The van der Waals surface area contributed by atoms with E-state index >= 15 is 0 Å². The van der Waals surface area contributed by atoms with Gasteiger partial charge in [0.05, 0.1) is 9.85 Å². The molecule has 5 N–H and O–H groups in total. The molecule has 0 saturated carbocycles. The van der Waals surface area contributed by atoms with E-state index in [0.29, 0.717) is 40.2 Å². The van der Waals surface area contributed by atoms with Gasteiger partial charge in [-0.15, -0.1) is 0 Å². The largest absolute Gasteiger partial charge is 0.305 e. The molecule has 0 aliphatic carbocycles. The number of rotatable bonds is 5. The van der Waals surface area contributed by atoms with Crippen molar-refractivity contribution in [2.24, 2.45) is 5.84 Å². The number of amides is 1. The van der Waals surface area contributed by atoms with E-state index in [1.165, 1.54) is 18.5 Å². The molecule has 13 nitrogen and oxygen atoms in total. The Bertz CT molecular complexity index is 1100. The molecule has 0 fully saturated rings. The van der Waals surface area contributed by atoms with Crippen LogP contribution in [0, 0.1) is 39.5 Å². The number of nitrogens with one attached hydrogen (secondary N) is 3. The molecule has 0 saturated heterocycles. The summed E-state index contributed by atoms with van der Waals surface area (Å²) in [4.78, 5) is 33.3. The first-order valence-electron chi connectivity index (χ1n) is 8.93. The van der Waals surface area contributed by atoms with Gasteiger partial charge in [-0.25, -0.2) is 10.8 Å². The number of aryl methyl sites for hydroxylation is 2. The van der Waals surface area contributed by atoms with Crippen molar-refractivity contribution in [3.63, 3.8) is 0 Å². The van der Waals surface area contributed by atoms with Gasteiger partial charge in [-0.05, 0) is 20.8 Å². The first-order valence-corrected chi connectivity index (χ1v) is 8.93. The summed E-state index contributed by atoms with van der Waals surface area (Å²) in [5, 5.41) is 34.9. The van der Waals surface area contributed by atoms with Crippen LogP contribution < -0.4 is 11.3 Å². The zero-order valence-corrected chi connectivity index (χ0v) is 17.5. The van der Waals surface area contributed by atoms with Gasteiger partial charge < -0.3 is 5.41 Å². The predicted octanol–water partition coefficient (Wildman–Crippen LogP) is 2.59. The van der Waals surface area contributed by atoms with Crippen LogP contribution in [0.15, 0.2) is 42.7 Å². The minimum Gasteiger partial charge on any atom is -0.305 e. The first kappa shape index (κ1) is 25.5. The van der Waals surface area contributed by atoms with Gasteiger partial charge in [0.25, 0.3) is 11.4 Å². The van der Waals surface area contributed by atoms with Gasteiger partial charge in [0.1, 0.15) is 6.33 Å². The monoisotopic (exact) mass is 442 g/mol. The van der Waals surface area contributed by atoms with E-state index in [0.717, 1.165) is 0 Å². The lowest BCUT2D eigenvalue weighted by Gasteiger charge is -2.00. The highest BCUT2D eigenvalue weighted by Gasteiger charge is 2.13. The van der Waals surface area contributed by atoms with Crippen LogP contribution in [-0.4, -0.2) is 37.1 Å². The summed E-state index contributed by atoms with van der Waals surface area (Å²) in [5.41, 5.74) is 4.75. The molecule has 1 aromatic heterocycles. The predicted molar refractivity (Wildman–Crippen MR) is 117 cm³/mol. The number of hydrazine groups is 1. The molecular weight excluding hydrogens is 420 g/mol. The molecule has 0 bridgehead atoms. The number of carbonyl (C=O) groups is 1. The molecule has 0 radical (unpaired) electrons. The van der Waals surface area contributed by atoms with Crippen molar-refractivity contribution >= 4 is 23.5 Å². The number of aromatic amines is 1. The number of carbonyl (C=O) groups excluding carboxylic acids is 1. The van der Waals surface area contributed by atoms with Crippen molar-refractivity contribution in [1.29, 1.82) is 5.41 Å². The highest BCUT2D eigenvalue weighted by atomic mass is 16.6. The third kappa shape index (κ3) is 7.38. The van der Waals surface area contributed by atoms with Crippen molar-refractivity contribution in [2.75, 3.05) is 0 Å². The minimum atomic E-state index is -0.429. The van der Waals surface area contributed by atoms with Crippen molar-refractivity contribution in [3.8, 4) is 11.4 Å². The molecule has 0 unspecified atom stereocenters. The van der Waals surface area contributed by atoms with Crippen molar-refractivity contribution in [1.82, 2.24) is 20.6 Å². The maximum Gasteiger partial charge on any atom is 0.273 e. The molecule has 168 valence electrons. The quantitative estimate of drug-likeness (QED) is 0.115. The van der Waals surface area contributed by atoms with Crippen LogP contribution in [0.2, 0.25) is 0 Å². The summed E-state index contributed by atoms with van der Waals surface area (Å²) in [5.74, 6) is 4.94. The number of benzene rings is 2. The SMILES string of the molecule is CC(=N)c1ccc(C)c([N+](=O)[O-])c1.Cc1ccc(-c2ncn[nH]2)cc1[N+](=O)[O-].NNC=O. The van der Waals surface area contributed by atoms with E-state index in [2.05, 4.69) is 21.0 Å². The van der Waals surface area contributed by atoms with Crippen LogP contribution in [0.1, 0.15) is 23.6 Å². The van der Waals surface area contributed by atoms with E-state index in [-0.39, 0.29) is 11.4 Å². The summed E-state index contributed by atoms with van der Waals surface area (Å²) in [6, 6.07) is 9.74. The molecule has 13 heteroatoms. The fourth-order valence-corrected chi connectivity index (χ4v) is 2.34. The second kappa shape index (κ2) is 12.2. The van der Waals surface area contributed by atoms with Gasteiger partial charge in [-0.1, -0.05) is 24.3 Å². The van der Waals surface area contributed by atoms with Gasteiger partial charge in [-0.3, -0.25) is 35.5 Å². The molecule has 3 aromatic rings. The van der Waals surface area contributed by atoms with E-state index < -0.39 is 9.85 Å². The van der Waals surface area contributed by atoms with Crippen LogP contribution in [0.5, 0.6) is 0 Å². The molecule has 0 atom stereocenters. The van der Waals surface area contributed by atoms with Crippen LogP contribution in [-0.2, 0) is 4.79 Å². The highest BCUT2D eigenvalue weighted by Crippen LogP contribution is 2.24. The Balaban J connectivity index is 0.000000277. The molecule has 0 aliphatic heterocycles. The van der Waals surface area contributed by atoms with Gasteiger partial charge in [0.2, 0.25) is 6.41 Å². The summed E-state index contributed by atoms with van der Waals surface area (Å²) in [6.45, 7) is 4.98. The fourth-order valence-electron chi connectivity index (χ4n) is 2.34. The lowest BCUT2D eigenvalue weighted by molar-refractivity contribution is -0.385. The number of hydrogen-bond acceptors (Lipinski definition) is 9. The number of aromatic nitrogens is 3. The first-order chi connectivity index (χ1) is 15.1. The molecule has 1 amide bonds. The van der Waals surface area contributed by atoms with E-state index in [4.69, 9.17) is 10.2 Å². The van der Waals surface area contributed by atoms with Crippen LogP contribution >= 0.6 is 0 Å². The summed E-state index contributed by atoms with van der Waals surface area (Å²) in [6.07, 6.45) is 1.76. The summed E-state index contributed by atoms with van der Waals surface area (Å²) < 4.78 is 0. The molecule has 1 heterocycles. The second-order valence-electron chi connectivity index (χ2n) is 6.26. The van der Waals surface area contributed by atoms with Gasteiger partial charge in [-0.2, -0.15) is 5.10 Å². The van der Waals surface area contributed by atoms with Crippen LogP contribution in [0.3, 0.4) is 0 Å². The Hall–Kier alpha value is -4.52.